The van der Waals surface area contributed by atoms with Crippen LogP contribution in [0.5, 0.6) is 0 Å². The van der Waals surface area contributed by atoms with Crippen molar-refractivity contribution in [3.05, 3.63) is 29.8 Å². The SMILES string of the molecule is NCC1(NCC(O)c2ccc(N)cc2)COC1. The molecule has 17 heavy (non-hydrogen) atoms. The molecule has 1 aliphatic rings. The van der Waals surface area contributed by atoms with Crippen LogP contribution in [-0.4, -0.2) is 36.9 Å². The van der Waals surface area contributed by atoms with Crippen LogP contribution in [0, 0.1) is 0 Å². The van der Waals surface area contributed by atoms with E-state index in [1.807, 2.05) is 12.1 Å². The van der Waals surface area contributed by atoms with E-state index in [1.54, 1.807) is 12.1 Å². The first-order chi connectivity index (χ1) is 8.15. The Labute approximate surface area is 101 Å². The van der Waals surface area contributed by atoms with Gasteiger partial charge in [0.15, 0.2) is 0 Å². The molecule has 0 spiro atoms. The van der Waals surface area contributed by atoms with Gasteiger partial charge in [0.1, 0.15) is 0 Å². The molecule has 0 saturated carbocycles. The number of aliphatic hydroxyl groups excluding tert-OH is 1. The van der Waals surface area contributed by atoms with Gasteiger partial charge in [-0.15, -0.1) is 0 Å². The first kappa shape index (κ1) is 12.3. The minimum atomic E-state index is -0.556. The van der Waals surface area contributed by atoms with Gasteiger partial charge in [-0.05, 0) is 17.7 Å². The summed E-state index contributed by atoms with van der Waals surface area (Å²) in [6, 6.07) is 7.22. The molecule has 1 aliphatic heterocycles. The van der Waals surface area contributed by atoms with Gasteiger partial charge in [0.25, 0.3) is 0 Å². The van der Waals surface area contributed by atoms with Crippen molar-refractivity contribution in [2.75, 3.05) is 32.0 Å². The molecule has 0 amide bonds. The van der Waals surface area contributed by atoms with Crippen LogP contribution in [0.25, 0.3) is 0 Å². The quantitative estimate of drug-likeness (QED) is 0.524. The predicted molar refractivity (Wildman–Crippen MR) is 66.4 cm³/mol. The third-order valence-electron chi connectivity index (χ3n) is 3.14. The van der Waals surface area contributed by atoms with Gasteiger partial charge in [-0.2, -0.15) is 0 Å². The molecule has 1 unspecified atom stereocenters. The molecule has 1 aromatic carbocycles. The monoisotopic (exact) mass is 237 g/mol. The van der Waals surface area contributed by atoms with Crippen LogP contribution in [0.15, 0.2) is 24.3 Å². The van der Waals surface area contributed by atoms with Crippen molar-refractivity contribution in [3.63, 3.8) is 0 Å². The highest BCUT2D eigenvalue weighted by Gasteiger charge is 2.36. The van der Waals surface area contributed by atoms with Crippen LogP contribution in [-0.2, 0) is 4.74 Å². The largest absolute Gasteiger partial charge is 0.399 e. The standard InChI is InChI=1S/C12H19N3O2/c13-6-12(7-17-8-12)15-5-11(16)9-1-3-10(14)4-2-9/h1-4,11,15-16H,5-8,13-14H2. The number of ether oxygens (including phenoxy) is 1. The van der Waals surface area contributed by atoms with Crippen LogP contribution < -0.4 is 16.8 Å². The lowest BCUT2D eigenvalue weighted by Crippen LogP contribution is -2.65. The number of benzene rings is 1. The average molecular weight is 237 g/mol. The smallest absolute Gasteiger partial charge is 0.0914 e. The van der Waals surface area contributed by atoms with E-state index in [4.69, 9.17) is 16.2 Å². The van der Waals surface area contributed by atoms with Crippen molar-refractivity contribution < 1.29 is 9.84 Å². The number of β-amino-alcohol motifs (C(OH)–C–C–N with tert-alkyl or cyclic N) is 1. The highest BCUT2D eigenvalue weighted by molar-refractivity contribution is 5.39. The minimum absolute atomic E-state index is 0.158. The fraction of sp³-hybridized carbons (Fsp3) is 0.500. The van der Waals surface area contributed by atoms with Gasteiger partial charge in [0, 0.05) is 18.8 Å². The molecule has 2 rings (SSSR count). The number of hydrogen-bond donors (Lipinski definition) is 4. The number of anilines is 1. The molecule has 1 fully saturated rings. The number of aliphatic hydroxyl groups is 1. The third kappa shape index (κ3) is 2.76. The van der Waals surface area contributed by atoms with Gasteiger partial charge in [-0.3, -0.25) is 0 Å². The van der Waals surface area contributed by atoms with E-state index in [2.05, 4.69) is 5.32 Å². The number of hydrogen-bond acceptors (Lipinski definition) is 5. The summed E-state index contributed by atoms with van der Waals surface area (Å²) in [4.78, 5) is 0. The Kier molecular flexibility index (Phi) is 3.63. The molecule has 1 atom stereocenters. The highest BCUT2D eigenvalue weighted by atomic mass is 16.5. The van der Waals surface area contributed by atoms with Crippen molar-refractivity contribution in [2.45, 2.75) is 11.6 Å². The molecule has 0 aromatic heterocycles. The first-order valence-corrected chi connectivity index (χ1v) is 5.71. The van der Waals surface area contributed by atoms with E-state index in [-0.39, 0.29) is 5.54 Å². The molecule has 0 radical (unpaired) electrons. The van der Waals surface area contributed by atoms with Crippen molar-refractivity contribution in [1.82, 2.24) is 5.32 Å². The van der Waals surface area contributed by atoms with E-state index >= 15 is 0 Å². The summed E-state index contributed by atoms with van der Waals surface area (Å²) >= 11 is 0. The Morgan fingerprint density at radius 1 is 1.35 bits per heavy atom. The zero-order chi connectivity index (χ0) is 12.3. The molecule has 6 N–H and O–H groups in total. The third-order valence-corrected chi connectivity index (χ3v) is 3.14. The normalized spacial score (nSPS) is 19.6. The topological polar surface area (TPSA) is 93.5 Å². The second kappa shape index (κ2) is 5.01. The highest BCUT2D eigenvalue weighted by Crippen LogP contribution is 2.18. The summed E-state index contributed by atoms with van der Waals surface area (Å²) in [6.45, 7) is 2.20. The molecule has 0 aliphatic carbocycles. The molecular weight excluding hydrogens is 218 g/mol. The van der Waals surface area contributed by atoms with E-state index in [0.29, 0.717) is 32.0 Å². The van der Waals surface area contributed by atoms with Gasteiger partial charge in [-0.1, -0.05) is 12.1 Å². The van der Waals surface area contributed by atoms with E-state index in [0.717, 1.165) is 5.56 Å². The molecule has 1 heterocycles. The van der Waals surface area contributed by atoms with Gasteiger partial charge in [-0.25, -0.2) is 0 Å². The van der Waals surface area contributed by atoms with Gasteiger partial charge in [0.2, 0.25) is 0 Å². The zero-order valence-electron chi connectivity index (χ0n) is 9.73. The van der Waals surface area contributed by atoms with Crippen molar-refractivity contribution in [3.8, 4) is 0 Å². The molecule has 0 bridgehead atoms. The Hall–Kier alpha value is -1.14. The average Bonchev–Trinajstić information content (AvgIpc) is 2.29. The molecule has 1 aromatic rings. The van der Waals surface area contributed by atoms with Gasteiger partial charge >= 0.3 is 0 Å². The van der Waals surface area contributed by atoms with Crippen LogP contribution in [0.3, 0.4) is 0 Å². The number of rotatable bonds is 5. The lowest BCUT2D eigenvalue weighted by atomic mass is 9.97. The number of nitrogens with two attached hydrogens (primary N) is 2. The predicted octanol–water partition coefficient (Wildman–Crippen LogP) is -0.380. The van der Waals surface area contributed by atoms with Gasteiger partial charge < -0.3 is 26.6 Å². The maximum atomic E-state index is 10.0. The van der Waals surface area contributed by atoms with Crippen molar-refractivity contribution in [2.24, 2.45) is 5.73 Å². The maximum Gasteiger partial charge on any atom is 0.0914 e. The number of nitrogen functional groups attached to an aromatic ring is 1. The summed E-state index contributed by atoms with van der Waals surface area (Å²) in [6.07, 6.45) is -0.556. The van der Waals surface area contributed by atoms with E-state index in [1.165, 1.54) is 0 Å². The fourth-order valence-electron chi connectivity index (χ4n) is 1.79. The molecule has 5 heteroatoms. The summed E-state index contributed by atoms with van der Waals surface area (Å²) < 4.78 is 5.14. The Balaban J connectivity index is 1.88. The van der Waals surface area contributed by atoms with Gasteiger partial charge in [0.05, 0.1) is 24.9 Å². The van der Waals surface area contributed by atoms with Crippen molar-refractivity contribution >= 4 is 5.69 Å². The van der Waals surface area contributed by atoms with E-state index < -0.39 is 6.10 Å². The van der Waals surface area contributed by atoms with E-state index in [9.17, 15) is 5.11 Å². The van der Waals surface area contributed by atoms with Crippen LogP contribution in [0.1, 0.15) is 11.7 Å². The second-order valence-electron chi connectivity index (χ2n) is 4.54. The number of nitrogens with one attached hydrogen (secondary N) is 1. The fourth-order valence-corrected chi connectivity index (χ4v) is 1.79. The summed E-state index contributed by atoms with van der Waals surface area (Å²) in [7, 11) is 0. The minimum Gasteiger partial charge on any atom is -0.399 e. The Morgan fingerprint density at radius 3 is 2.47 bits per heavy atom. The lowest BCUT2D eigenvalue weighted by molar-refractivity contribution is -0.0728. The first-order valence-electron chi connectivity index (χ1n) is 5.71. The Morgan fingerprint density at radius 2 is 2.00 bits per heavy atom. The lowest BCUT2D eigenvalue weighted by Gasteiger charge is -2.41. The molecule has 1 saturated heterocycles. The van der Waals surface area contributed by atoms with Crippen molar-refractivity contribution in [1.29, 1.82) is 0 Å². The van der Waals surface area contributed by atoms with Crippen LogP contribution in [0.2, 0.25) is 0 Å². The molecule has 94 valence electrons. The molecular formula is C12H19N3O2. The summed E-state index contributed by atoms with van der Waals surface area (Å²) in [5, 5.41) is 13.3. The Bertz CT molecular complexity index is 357. The van der Waals surface area contributed by atoms with Crippen LogP contribution in [0.4, 0.5) is 5.69 Å². The summed E-state index contributed by atoms with van der Waals surface area (Å²) in [5.74, 6) is 0. The second-order valence-corrected chi connectivity index (χ2v) is 4.54. The van der Waals surface area contributed by atoms with Crippen LogP contribution >= 0.6 is 0 Å². The maximum absolute atomic E-state index is 10.0. The molecule has 5 nitrogen and oxygen atoms in total. The summed E-state index contributed by atoms with van der Waals surface area (Å²) in [5.41, 5.74) is 12.6. The zero-order valence-corrected chi connectivity index (χ0v) is 9.73.